The van der Waals surface area contributed by atoms with Crippen LogP contribution in [0.3, 0.4) is 0 Å². The van der Waals surface area contributed by atoms with Gasteiger partial charge in [-0.1, -0.05) is 72.8 Å². The summed E-state index contributed by atoms with van der Waals surface area (Å²) in [5, 5.41) is 6.74. The normalized spacial score (nSPS) is 11.9. The smallest absolute Gasteiger partial charge is 0.139 e. The van der Waals surface area contributed by atoms with Crippen molar-refractivity contribution in [2.45, 2.75) is 0 Å². The summed E-state index contributed by atoms with van der Waals surface area (Å²) >= 11 is 0. The van der Waals surface area contributed by atoms with Gasteiger partial charge in [0.05, 0.1) is 5.69 Å². The van der Waals surface area contributed by atoms with Crippen LogP contribution in [0.25, 0.3) is 77.0 Å². The predicted octanol–water partition coefficient (Wildman–Crippen LogP) is 9.37. The van der Waals surface area contributed by atoms with Crippen LogP contribution in [0.15, 0.2) is 124 Å². The summed E-state index contributed by atoms with van der Waals surface area (Å²) < 4.78 is 12.8. The van der Waals surface area contributed by atoms with Crippen molar-refractivity contribution in [3.05, 3.63) is 115 Å². The van der Waals surface area contributed by atoms with Crippen molar-refractivity contribution >= 4 is 54.6 Å². The van der Waals surface area contributed by atoms with Gasteiger partial charge < -0.3 is 8.83 Å². The maximum atomic E-state index is 6.47. The third-order valence-corrected chi connectivity index (χ3v) is 7.09. The zero-order chi connectivity index (χ0) is 23.6. The van der Waals surface area contributed by atoms with Crippen molar-refractivity contribution in [2.75, 3.05) is 0 Å². The second-order valence-corrected chi connectivity index (χ2v) is 9.19. The van der Waals surface area contributed by atoms with Gasteiger partial charge in [0.15, 0.2) is 0 Å². The third kappa shape index (κ3) is 2.77. The molecule has 5 aromatic carbocycles. The number of nitrogens with zero attached hydrogens (tertiary/aromatic N) is 1. The van der Waals surface area contributed by atoms with E-state index >= 15 is 0 Å². The first kappa shape index (κ1) is 19.4. The number of hydrogen-bond donors (Lipinski definition) is 0. The van der Waals surface area contributed by atoms with Crippen LogP contribution >= 0.6 is 0 Å². The van der Waals surface area contributed by atoms with Crippen LogP contribution in [0.4, 0.5) is 0 Å². The molecule has 8 aromatic rings. The molecule has 0 aliphatic carbocycles. The molecule has 0 aliphatic heterocycles. The minimum atomic E-state index is 0.819. The van der Waals surface area contributed by atoms with Gasteiger partial charge in [0.2, 0.25) is 0 Å². The van der Waals surface area contributed by atoms with Crippen LogP contribution in [0.1, 0.15) is 0 Å². The van der Waals surface area contributed by atoms with Crippen molar-refractivity contribution in [3.8, 4) is 22.4 Å². The molecule has 3 nitrogen and oxygen atoms in total. The summed E-state index contributed by atoms with van der Waals surface area (Å²) in [6, 6.07) is 37.6. The van der Waals surface area contributed by atoms with Crippen molar-refractivity contribution in [2.24, 2.45) is 0 Å². The minimum absolute atomic E-state index is 0.819. The Kier molecular flexibility index (Phi) is 3.94. The van der Waals surface area contributed by atoms with E-state index in [0.717, 1.165) is 71.6 Å². The van der Waals surface area contributed by atoms with Crippen LogP contribution in [0.2, 0.25) is 0 Å². The highest BCUT2D eigenvalue weighted by atomic mass is 16.3. The van der Waals surface area contributed by atoms with Crippen LogP contribution in [-0.2, 0) is 0 Å². The Morgan fingerprint density at radius 3 is 2.03 bits per heavy atom. The van der Waals surface area contributed by atoms with Gasteiger partial charge >= 0.3 is 0 Å². The van der Waals surface area contributed by atoms with Gasteiger partial charge in [-0.15, -0.1) is 0 Å². The molecule has 0 saturated carbocycles. The van der Waals surface area contributed by atoms with E-state index in [2.05, 4.69) is 77.8 Å². The van der Waals surface area contributed by atoms with Gasteiger partial charge in [0.1, 0.15) is 22.3 Å². The van der Waals surface area contributed by atoms with Crippen LogP contribution in [0, 0.1) is 0 Å². The fourth-order valence-corrected chi connectivity index (χ4v) is 5.47. The lowest BCUT2D eigenvalue weighted by Gasteiger charge is -2.09. The predicted molar refractivity (Wildman–Crippen MR) is 147 cm³/mol. The summed E-state index contributed by atoms with van der Waals surface area (Å²) in [6.45, 7) is 0. The Hall–Kier alpha value is -4.89. The molecular formula is C33H19NO2. The van der Waals surface area contributed by atoms with Gasteiger partial charge in [0, 0.05) is 44.9 Å². The average Bonchev–Trinajstić information content (AvgIpc) is 3.48. The monoisotopic (exact) mass is 461 g/mol. The summed E-state index contributed by atoms with van der Waals surface area (Å²) in [7, 11) is 0. The fraction of sp³-hybridized carbons (Fsp3) is 0. The maximum Gasteiger partial charge on any atom is 0.139 e. The number of aromatic nitrogens is 1. The van der Waals surface area contributed by atoms with Crippen molar-refractivity contribution in [1.29, 1.82) is 0 Å². The van der Waals surface area contributed by atoms with Gasteiger partial charge in [-0.3, -0.25) is 4.98 Å². The molecule has 8 rings (SSSR count). The van der Waals surface area contributed by atoms with E-state index in [1.54, 1.807) is 0 Å². The highest BCUT2D eigenvalue weighted by Gasteiger charge is 2.21. The highest BCUT2D eigenvalue weighted by Crippen LogP contribution is 2.46. The summed E-state index contributed by atoms with van der Waals surface area (Å²) in [4.78, 5) is 4.69. The van der Waals surface area contributed by atoms with E-state index in [4.69, 9.17) is 8.83 Å². The third-order valence-electron chi connectivity index (χ3n) is 7.09. The first-order valence-electron chi connectivity index (χ1n) is 12.0. The lowest BCUT2D eigenvalue weighted by molar-refractivity contribution is 0.656. The lowest BCUT2D eigenvalue weighted by Crippen LogP contribution is -1.87. The summed E-state index contributed by atoms with van der Waals surface area (Å²) in [5.41, 5.74) is 7.60. The number of fused-ring (bicyclic) bond motifs is 7. The van der Waals surface area contributed by atoms with Crippen LogP contribution in [-0.4, -0.2) is 4.98 Å². The van der Waals surface area contributed by atoms with Crippen LogP contribution in [0.5, 0.6) is 0 Å². The largest absolute Gasteiger partial charge is 0.456 e. The van der Waals surface area contributed by atoms with E-state index in [0.29, 0.717) is 0 Å². The van der Waals surface area contributed by atoms with Crippen LogP contribution < -0.4 is 0 Å². The maximum absolute atomic E-state index is 6.47. The fourth-order valence-electron chi connectivity index (χ4n) is 5.47. The van der Waals surface area contributed by atoms with E-state index in [-0.39, 0.29) is 0 Å². The van der Waals surface area contributed by atoms with Crippen molar-refractivity contribution in [1.82, 2.24) is 4.98 Å². The number of furan rings is 2. The van der Waals surface area contributed by atoms with Gasteiger partial charge in [0.25, 0.3) is 0 Å². The molecule has 0 N–H and O–H groups in total. The zero-order valence-corrected chi connectivity index (χ0v) is 19.2. The standard InChI is InChI=1S/C33H19NO2/c1-2-8-20(9-3-1)26-17-23(14-15-34-26)31-32-24-12-6-7-13-27(24)35-29(32)19-30-33(31)25-16-21-10-4-5-11-22(21)18-28(25)36-30/h1-19H. The number of para-hydroxylation sites is 1. The molecular weight excluding hydrogens is 442 g/mol. The number of pyridine rings is 1. The Morgan fingerprint density at radius 1 is 0.472 bits per heavy atom. The van der Waals surface area contributed by atoms with E-state index in [1.165, 1.54) is 5.39 Å². The highest BCUT2D eigenvalue weighted by molar-refractivity contribution is 6.26. The topological polar surface area (TPSA) is 39.2 Å². The average molecular weight is 462 g/mol. The second-order valence-electron chi connectivity index (χ2n) is 9.19. The molecule has 0 saturated heterocycles. The number of hydrogen-bond acceptors (Lipinski definition) is 3. The summed E-state index contributed by atoms with van der Waals surface area (Å²) in [6.07, 6.45) is 1.89. The molecule has 3 aromatic heterocycles. The first-order chi connectivity index (χ1) is 17.8. The molecule has 3 heterocycles. The Balaban J connectivity index is 1.56. The Morgan fingerprint density at radius 2 is 1.17 bits per heavy atom. The Labute approximate surface area is 206 Å². The molecule has 0 atom stereocenters. The second kappa shape index (κ2) is 7.30. The van der Waals surface area contributed by atoms with Gasteiger partial charge in [-0.25, -0.2) is 0 Å². The lowest BCUT2D eigenvalue weighted by atomic mass is 9.93. The number of benzene rings is 5. The molecule has 0 amide bonds. The minimum Gasteiger partial charge on any atom is -0.456 e. The molecule has 168 valence electrons. The van der Waals surface area contributed by atoms with Crippen molar-refractivity contribution in [3.63, 3.8) is 0 Å². The molecule has 0 fully saturated rings. The molecule has 0 radical (unpaired) electrons. The van der Waals surface area contributed by atoms with E-state index < -0.39 is 0 Å². The first-order valence-corrected chi connectivity index (χ1v) is 12.0. The quantitative estimate of drug-likeness (QED) is 0.257. The molecule has 0 spiro atoms. The molecule has 36 heavy (non-hydrogen) atoms. The molecule has 0 aliphatic rings. The molecule has 0 bridgehead atoms. The van der Waals surface area contributed by atoms with Gasteiger partial charge in [-0.2, -0.15) is 0 Å². The molecule has 0 unspecified atom stereocenters. The Bertz CT molecular complexity index is 2100. The number of rotatable bonds is 2. The SMILES string of the molecule is c1ccc(-c2cc(-c3c4c(cc5oc6cc7ccccc7cc6c35)oc3ccccc34)ccn2)cc1. The van der Waals surface area contributed by atoms with Gasteiger partial charge in [-0.05, 0) is 46.7 Å². The van der Waals surface area contributed by atoms with E-state index in [9.17, 15) is 0 Å². The van der Waals surface area contributed by atoms with E-state index in [1.807, 2.05) is 42.6 Å². The molecule has 3 heteroatoms. The van der Waals surface area contributed by atoms with Crippen molar-refractivity contribution < 1.29 is 8.83 Å². The summed E-state index contributed by atoms with van der Waals surface area (Å²) in [5.74, 6) is 0. The zero-order valence-electron chi connectivity index (χ0n) is 19.2.